The van der Waals surface area contributed by atoms with Gasteiger partial charge in [-0.2, -0.15) is 0 Å². The summed E-state index contributed by atoms with van der Waals surface area (Å²) in [6.45, 7) is 5.67. The molecule has 2 aliphatic rings. The highest BCUT2D eigenvalue weighted by Crippen LogP contribution is 2.33. The molecule has 0 saturated carbocycles. The third-order valence-electron chi connectivity index (χ3n) is 4.59. The van der Waals surface area contributed by atoms with Gasteiger partial charge in [0, 0.05) is 30.3 Å². The van der Waals surface area contributed by atoms with Crippen LogP contribution < -0.4 is 16.2 Å². The zero-order chi connectivity index (χ0) is 16.6. The molecule has 1 aromatic rings. The molecule has 1 aromatic heterocycles. The fraction of sp³-hybridized carbons (Fsp3) is 0.588. The van der Waals surface area contributed by atoms with E-state index in [-0.39, 0.29) is 22.8 Å². The maximum atomic E-state index is 12.4. The summed E-state index contributed by atoms with van der Waals surface area (Å²) < 4.78 is 0. The van der Waals surface area contributed by atoms with Crippen LogP contribution in [0.25, 0.3) is 0 Å². The van der Waals surface area contributed by atoms with Crippen LogP contribution in [0.3, 0.4) is 0 Å². The number of nitrogens with one attached hydrogen (secondary N) is 3. The predicted molar refractivity (Wildman–Crippen MR) is 86.9 cm³/mol. The number of hydrogen-bond donors (Lipinski definition) is 3. The zero-order valence-corrected chi connectivity index (χ0v) is 13.6. The minimum absolute atomic E-state index is 0.0131. The van der Waals surface area contributed by atoms with Crippen molar-refractivity contribution in [1.82, 2.24) is 15.6 Å². The Hall–Kier alpha value is -1.95. The summed E-state index contributed by atoms with van der Waals surface area (Å²) in [6, 6.07) is 1.50. The van der Waals surface area contributed by atoms with Gasteiger partial charge in [-0.05, 0) is 37.3 Å². The SMILES string of the molecule is CC1(C)CC(=O)c2cc(C(=O)N[C@H]3CCCNC3)c(=O)[nH]c2C1. The Kier molecular flexibility index (Phi) is 4.10. The Morgan fingerprint density at radius 1 is 1.30 bits per heavy atom. The van der Waals surface area contributed by atoms with Crippen molar-refractivity contribution in [2.75, 3.05) is 13.1 Å². The highest BCUT2D eigenvalue weighted by molar-refractivity contribution is 6.02. The average molecular weight is 317 g/mol. The van der Waals surface area contributed by atoms with Gasteiger partial charge in [-0.15, -0.1) is 0 Å². The summed E-state index contributed by atoms with van der Waals surface area (Å²) in [7, 11) is 0. The molecule has 6 nitrogen and oxygen atoms in total. The number of carbonyl (C=O) groups excluding carboxylic acids is 2. The molecule has 0 aromatic carbocycles. The number of rotatable bonds is 2. The molecule has 6 heteroatoms. The molecule has 1 saturated heterocycles. The second kappa shape index (κ2) is 5.92. The van der Waals surface area contributed by atoms with Crippen molar-refractivity contribution >= 4 is 11.7 Å². The average Bonchev–Trinajstić information content (AvgIpc) is 2.46. The molecule has 23 heavy (non-hydrogen) atoms. The number of H-pyrrole nitrogens is 1. The molecule has 1 atom stereocenters. The lowest BCUT2D eigenvalue weighted by Gasteiger charge is -2.30. The van der Waals surface area contributed by atoms with Gasteiger partial charge in [0.2, 0.25) is 0 Å². The Labute approximate surface area is 135 Å². The number of hydrogen-bond acceptors (Lipinski definition) is 4. The molecule has 0 radical (unpaired) electrons. The van der Waals surface area contributed by atoms with Crippen molar-refractivity contribution in [3.63, 3.8) is 0 Å². The summed E-state index contributed by atoms with van der Waals surface area (Å²) in [5.41, 5.74) is 0.575. The summed E-state index contributed by atoms with van der Waals surface area (Å²) >= 11 is 0. The molecule has 1 aliphatic carbocycles. The third-order valence-corrected chi connectivity index (χ3v) is 4.59. The molecule has 1 amide bonds. The van der Waals surface area contributed by atoms with Gasteiger partial charge in [0.05, 0.1) is 0 Å². The van der Waals surface area contributed by atoms with E-state index in [1.165, 1.54) is 6.07 Å². The molecular formula is C17H23N3O3. The Bertz CT molecular complexity index is 700. The Morgan fingerprint density at radius 3 is 2.78 bits per heavy atom. The van der Waals surface area contributed by atoms with Crippen molar-refractivity contribution in [3.8, 4) is 0 Å². The van der Waals surface area contributed by atoms with Crippen molar-refractivity contribution in [3.05, 3.63) is 33.2 Å². The largest absolute Gasteiger partial charge is 0.348 e. The van der Waals surface area contributed by atoms with Crippen LogP contribution in [0, 0.1) is 5.41 Å². The predicted octanol–water partition coefficient (Wildman–Crippen LogP) is 1.01. The smallest absolute Gasteiger partial charge is 0.261 e. The standard InChI is InChI=1S/C17H23N3O3/c1-17(2)7-13-11(14(21)8-17)6-12(16(23)20-13)15(22)19-10-4-3-5-18-9-10/h6,10,18H,3-5,7-9H2,1-2H3,(H,19,22)(H,20,23)/t10-/m0/s1. The van der Waals surface area contributed by atoms with E-state index in [1.807, 2.05) is 13.8 Å². The quantitative estimate of drug-likeness (QED) is 0.759. The van der Waals surface area contributed by atoms with Gasteiger partial charge in [-0.3, -0.25) is 14.4 Å². The molecule has 0 unspecified atom stereocenters. The van der Waals surface area contributed by atoms with E-state index in [2.05, 4.69) is 15.6 Å². The zero-order valence-electron chi connectivity index (χ0n) is 13.6. The van der Waals surface area contributed by atoms with Gasteiger partial charge >= 0.3 is 0 Å². The van der Waals surface area contributed by atoms with E-state index in [4.69, 9.17) is 0 Å². The Balaban J connectivity index is 1.86. The van der Waals surface area contributed by atoms with Gasteiger partial charge in [-0.25, -0.2) is 0 Å². The first-order chi connectivity index (χ1) is 10.9. The second-order valence-corrected chi connectivity index (χ2v) is 7.36. The van der Waals surface area contributed by atoms with Gasteiger partial charge in [0.15, 0.2) is 5.78 Å². The van der Waals surface area contributed by atoms with Crippen LogP contribution in [0.1, 0.15) is 59.5 Å². The number of fused-ring (bicyclic) bond motifs is 1. The number of Topliss-reactive ketones (excluding diaryl/α,β-unsaturated/α-hetero) is 1. The molecule has 124 valence electrons. The number of aromatic nitrogens is 1. The van der Waals surface area contributed by atoms with E-state index in [0.29, 0.717) is 30.6 Å². The lowest BCUT2D eigenvalue weighted by Crippen LogP contribution is -2.46. The number of carbonyl (C=O) groups is 2. The van der Waals surface area contributed by atoms with E-state index >= 15 is 0 Å². The first-order valence-electron chi connectivity index (χ1n) is 8.17. The first kappa shape index (κ1) is 15.9. The number of ketones is 1. The lowest BCUT2D eigenvalue weighted by molar-refractivity contribution is 0.0910. The van der Waals surface area contributed by atoms with Gasteiger partial charge in [0.25, 0.3) is 11.5 Å². The summed E-state index contributed by atoms with van der Waals surface area (Å²) in [6.07, 6.45) is 2.96. The van der Waals surface area contributed by atoms with Crippen molar-refractivity contribution < 1.29 is 9.59 Å². The molecular weight excluding hydrogens is 294 g/mol. The maximum Gasteiger partial charge on any atom is 0.261 e. The monoisotopic (exact) mass is 317 g/mol. The number of amides is 1. The molecule has 1 fully saturated rings. The summed E-state index contributed by atoms with van der Waals surface area (Å²) in [5, 5.41) is 6.10. The topological polar surface area (TPSA) is 91.1 Å². The van der Waals surface area contributed by atoms with Crippen LogP contribution in [0.5, 0.6) is 0 Å². The molecule has 0 spiro atoms. The summed E-state index contributed by atoms with van der Waals surface area (Å²) in [4.78, 5) is 39.7. The number of piperidine rings is 1. The highest BCUT2D eigenvalue weighted by Gasteiger charge is 2.32. The fourth-order valence-electron chi connectivity index (χ4n) is 3.43. The second-order valence-electron chi connectivity index (χ2n) is 7.36. The van der Waals surface area contributed by atoms with Gasteiger partial charge in [0.1, 0.15) is 5.56 Å². The molecule has 0 bridgehead atoms. The van der Waals surface area contributed by atoms with E-state index < -0.39 is 11.5 Å². The van der Waals surface area contributed by atoms with Crippen LogP contribution in [-0.2, 0) is 6.42 Å². The van der Waals surface area contributed by atoms with E-state index in [9.17, 15) is 14.4 Å². The van der Waals surface area contributed by atoms with Crippen molar-refractivity contribution in [2.45, 2.75) is 45.6 Å². The molecule has 1 aliphatic heterocycles. The van der Waals surface area contributed by atoms with Gasteiger partial charge < -0.3 is 15.6 Å². The maximum absolute atomic E-state index is 12.4. The van der Waals surface area contributed by atoms with Crippen LogP contribution in [0.15, 0.2) is 10.9 Å². The first-order valence-corrected chi connectivity index (χ1v) is 8.17. The molecule has 3 rings (SSSR count). The van der Waals surface area contributed by atoms with E-state index in [0.717, 1.165) is 19.4 Å². The van der Waals surface area contributed by atoms with Crippen LogP contribution in [0.2, 0.25) is 0 Å². The molecule has 2 heterocycles. The fourth-order valence-corrected chi connectivity index (χ4v) is 3.43. The highest BCUT2D eigenvalue weighted by atomic mass is 16.2. The van der Waals surface area contributed by atoms with Gasteiger partial charge in [-0.1, -0.05) is 13.8 Å². The van der Waals surface area contributed by atoms with Crippen LogP contribution >= 0.6 is 0 Å². The summed E-state index contributed by atoms with van der Waals surface area (Å²) in [5.74, 6) is -0.415. The number of pyridine rings is 1. The minimum Gasteiger partial charge on any atom is -0.348 e. The lowest BCUT2D eigenvalue weighted by atomic mass is 9.75. The van der Waals surface area contributed by atoms with Crippen LogP contribution in [-0.4, -0.2) is 35.8 Å². The number of aromatic amines is 1. The van der Waals surface area contributed by atoms with Crippen molar-refractivity contribution in [2.24, 2.45) is 5.41 Å². The normalized spacial score (nSPS) is 23.2. The van der Waals surface area contributed by atoms with Crippen LogP contribution in [0.4, 0.5) is 0 Å². The molecule has 3 N–H and O–H groups in total. The van der Waals surface area contributed by atoms with Crippen molar-refractivity contribution in [1.29, 1.82) is 0 Å². The minimum atomic E-state index is -0.421. The third kappa shape index (κ3) is 3.37. The van der Waals surface area contributed by atoms with E-state index in [1.54, 1.807) is 0 Å². The Morgan fingerprint density at radius 2 is 2.09 bits per heavy atom.